The van der Waals surface area contributed by atoms with Gasteiger partial charge in [-0.3, -0.25) is 9.35 Å². The lowest BCUT2D eigenvalue weighted by Gasteiger charge is -2.34. The number of nitrogens with zero attached hydrogens (tertiary/aromatic N) is 2. The molecule has 1 saturated heterocycles. The van der Waals surface area contributed by atoms with Crippen LogP contribution < -0.4 is 15.6 Å². The second-order valence-corrected chi connectivity index (χ2v) is 9.46. The molecule has 1 aliphatic rings. The minimum Gasteiger partial charge on any atom is -0.477 e. The summed E-state index contributed by atoms with van der Waals surface area (Å²) >= 11 is 0. The van der Waals surface area contributed by atoms with Crippen molar-refractivity contribution in [1.29, 1.82) is 0 Å². The van der Waals surface area contributed by atoms with Crippen molar-refractivity contribution >= 4 is 32.7 Å². The standard InChI is InChI=1S/C21H18F3N3O3.CH4O3S/c1-11-9-26(5-4-25-11)19-8-18-13(7-16(19)24)20(28)14(21(29)30)10-27(18)17-3-2-12(22)6-15(17)23;1-5(2,3)4/h2-3,6-8,10-11,25H,4-5,9H2,1H3,(H,29,30);1H3,(H,2,3,4). The molecule has 35 heavy (non-hydrogen) atoms. The predicted molar refractivity (Wildman–Crippen MR) is 124 cm³/mol. The Labute approximate surface area is 198 Å². The van der Waals surface area contributed by atoms with Gasteiger partial charge in [0.1, 0.15) is 23.0 Å². The van der Waals surface area contributed by atoms with Gasteiger partial charge in [0.15, 0.2) is 0 Å². The lowest BCUT2D eigenvalue weighted by Crippen LogP contribution is -2.49. The highest BCUT2D eigenvalue weighted by Gasteiger charge is 2.23. The van der Waals surface area contributed by atoms with E-state index >= 15 is 0 Å². The number of fused-ring (bicyclic) bond motifs is 1. The van der Waals surface area contributed by atoms with Crippen molar-refractivity contribution in [1.82, 2.24) is 9.88 Å². The van der Waals surface area contributed by atoms with E-state index in [0.717, 1.165) is 29.0 Å². The summed E-state index contributed by atoms with van der Waals surface area (Å²) in [6.45, 7) is 3.63. The molecule has 0 aliphatic carbocycles. The van der Waals surface area contributed by atoms with Gasteiger partial charge in [0, 0.05) is 43.3 Å². The molecule has 1 aliphatic heterocycles. The number of hydrogen-bond donors (Lipinski definition) is 3. The SMILES string of the molecule is CC1CN(c2cc3c(cc2F)c(=O)c(C(=O)O)cn3-c2ccc(F)cc2F)CCN1.CS(=O)(=O)O. The van der Waals surface area contributed by atoms with Gasteiger partial charge in [-0.25, -0.2) is 18.0 Å². The largest absolute Gasteiger partial charge is 0.477 e. The van der Waals surface area contributed by atoms with E-state index in [0.29, 0.717) is 32.0 Å². The minimum absolute atomic E-state index is 0.111. The Hall–Kier alpha value is -3.42. The van der Waals surface area contributed by atoms with Crippen molar-refractivity contribution in [3.63, 3.8) is 0 Å². The second-order valence-electron chi connectivity index (χ2n) is 8.00. The molecule has 1 aromatic heterocycles. The van der Waals surface area contributed by atoms with Gasteiger partial charge in [0.05, 0.1) is 23.1 Å². The summed E-state index contributed by atoms with van der Waals surface area (Å²) in [5.74, 6) is -3.96. The maximum atomic E-state index is 14.9. The van der Waals surface area contributed by atoms with Gasteiger partial charge in [0.25, 0.3) is 10.1 Å². The Balaban J connectivity index is 0.000000623. The molecule has 0 spiro atoms. The molecule has 3 aromatic rings. The molecular weight excluding hydrogens is 491 g/mol. The molecular formula is C22H22F3N3O6S. The maximum absolute atomic E-state index is 14.9. The van der Waals surface area contributed by atoms with Crippen LogP contribution in [0.3, 0.4) is 0 Å². The molecule has 1 atom stereocenters. The zero-order valence-corrected chi connectivity index (χ0v) is 19.4. The Bertz CT molecular complexity index is 1450. The summed E-state index contributed by atoms with van der Waals surface area (Å²) in [4.78, 5) is 26.0. The van der Waals surface area contributed by atoms with Crippen molar-refractivity contribution < 1.29 is 36.0 Å². The average Bonchev–Trinajstić information content (AvgIpc) is 2.73. The second kappa shape index (κ2) is 10.1. The van der Waals surface area contributed by atoms with Crippen LogP contribution in [0.4, 0.5) is 18.9 Å². The number of carboxylic acids is 1. The Morgan fingerprint density at radius 1 is 1.11 bits per heavy atom. The molecule has 2 aromatic carbocycles. The molecule has 0 amide bonds. The van der Waals surface area contributed by atoms with Crippen molar-refractivity contribution in [3.8, 4) is 5.69 Å². The van der Waals surface area contributed by atoms with Crippen LogP contribution in [0.1, 0.15) is 17.3 Å². The third-order valence-corrected chi connectivity index (χ3v) is 5.18. The molecule has 13 heteroatoms. The number of anilines is 1. The molecule has 2 heterocycles. The van der Waals surface area contributed by atoms with Crippen molar-refractivity contribution in [3.05, 3.63) is 69.8 Å². The summed E-state index contributed by atoms with van der Waals surface area (Å²) in [6, 6.07) is 5.30. The number of hydrogen-bond acceptors (Lipinski definition) is 6. The third kappa shape index (κ3) is 6.18. The van der Waals surface area contributed by atoms with Gasteiger partial charge in [-0.15, -0.1) is 0 Å². The molecule has 4 rings (SSSR count). The highest BCUT2D eigenvalue weighted by molar-refractivity contribution is 7.85. The van der Waals surface area contributed by atoms with Crippen LogP contribution >= 0.6 is 0 Å². The fourth-order valence-electron chi connectivity index (χ4n) is 3.76. The number of carbonyl (C=O) groups is 1. The molecule has 9 nitrogen and oxygen atoms in total. The van der Waals surface area contributed by atoms with Crippen molar-refractivity contribution in [2.24, 2.45) is 0 Å². The first kappa shape index (κ1) is 26.2. The first-order valence-corrected chi connectivity index (χ1v) is 12.1. The Kier molecular flexibility index (Phi) is 7.53. The molecule has 1 fully saturated rings. The number of carboxylic acid groups (broad SMARTS) is 1. The van der Waals surface area contributed by atoms with E-state index in [1.54, 1.807) is 4.90 Å². The lowest BCUT2D eigenvalue weighted by molar-refractivity contribution is 0.0695. The molecule has 1 unspecified atom stereocenters. The van der Waals surface area contributed by atoms with Crippen LogP contribution in [0.25, 0.3) is 16.6 Å². The van der Waals surface area contributed by atoms with E-state index in [-0.39, 0.29) is 28.3 Å². The van der Waals surface area contributed by atoms with Crippen LogP contribution in [0.5, 0.6) is 0 Å². The van der Waals surface area contributed by atoms with Crippen LogP contribution in [-0.4, -0.2) is 60.5 Å². The van der Waals surface area contributed by atoms with Gasteiger partial charge in [0.2, 0.25) is 5.43 Å². The monoisotopic (exact) mass is 513 g/mol. The number of aromatic carboxylic acids is 1. The highest BCUT2D eigenvalue weighted by Crippen LogP contribution is 2.28. The summed E-state index contributed by atoms with van der Waals surface area (Å²) in [7, 11) is -3.67. The van der Waals surface area contributed by atoms with Gasteiger partial charge in [-0.1, -0.05) is 0 Å². The van der Waals surface area contributed by atoms with Crippen LogP contribution in [-0.2, 0) is 10.1 Å². The lowest BCUT2D eigenvalue weighted by atomic mass is 10.1. The molecule has 0 bridgehead atoms. The van der Waals surface area contributed by atoms with Gasteiger partial charge in [-0.05, 0) is 31.2 Å². The highest BCUT2D eigenvalue weighted by atomic mass is 32.2. The van der Waals surface area contributed by atoms with E-state index in [9.17, 15) is 36.3 Å². The average molecular weight is 513 g/mol. The minimum atomic E-state index is -3.67. The van der Waals surface area contributed by atoms with Crippen LogP contribution in [0, 0.1) is 17.5 Å². The fraction of sp³-hybridized carbons (Fsp3) is 0.273. The van der Waals surface area contributed by atoms with E-state index in [2.05, 4.69) is 5.32 Å². The Morgan fingerprint density at radius 2 is 1.74 bits per heavy atom. The van der Waals surface area contributed by atoms with Gasteiger partial charge < -0.3 is 19.9 Å². The quantitative estimate of drug-likeness (QED) is 0.456. The normalized spacial score (nSPS) is 16.1. The number of aromatic nitrogens is 1. The number of nitrogens with one attached hydrogen (secondary N) is 1. The van der Waals surface area contributed by atoms with E-state index in [1.807, 2.05) is 6.92 Å². The number of piperazine rings is 1. The summed E-state index contributed by atoms with van der Waals surface area (Å²) in [6.07, 6.45) is 1.69. The van der Waals surface area contributed by atoms with Crippen molar-refractivity contribution in [2.45, 2.75) is 13.0 Å². The smallest absolute Gasteiger partial charge is 0.341 e. The third-order valence-electron chi connectivity index (χ3n) is 5.18. The first-order chi connectivity index (χ1) is 16.3. The van der Waals surface area contributed by atoms with Crippen LogP contribution in [0.2, 0.25) is 0 Å². The van der Waals surface area contributed by atoms with Gasteiger partial charge in [-0.2, -0.15) is 8.42 Å². The molecule has 0 radical (unpaired) electrons. The number of halogens is 3. The first-order valence-electron chi connectivity index (χ1n) is 10.2. The summed E-state index contributed by atoms with van der Waals surface area (Å²) in [5, 5.41) is 12.4. The predicted octanol–water partition coefficient (Wildman–Crippen LogP) is 2.41. The number of rotatable bonds is 3. The molecule has 0 saturated carbocycles. The number of pyridine rings is 1. The van der Waals surface area contributed by atoms with E-state index in [4.69, 9.17) is 4.55 Å². The maximum Gasteiger partial charge on any atom is 0.341 e. The zero-order chi connectivity index (χ0) is 26.1. The molecule has 188 valence electrons. The summed E-state index contributed by atoms with van der Waals surface area (Å²) in [5.41, 5.74) is -1.34. The van der Waals surface area contributed by atoms with E-state index < -0.39 is 44.5 Å². The zero-order valence-electron chi connectivity index (χ0n) is 18.6. The van der Waals surface area contributed by atoms with Crippen molar-refractivity contribution in [2.75, 3.05) is 30.8 Å². The number of benzene rings is 2. The van der Waals surface area contributed by atoms with Crippen LogP contribution in [0.15, 0.2) is 41.3 Å². The van der Waals surface area contributed by atoms with E-state index in [1.165, 1.54) is 6.07 Å². The molecule has 3 N–H and O–H groups in total. The fourth-order valence-corrected chi connectivity index (χ4v) is 3.76. The topological polar surface area (TPSA) is 129 Å². The van der Waals surface area contributed by atoms with Gasteiger partial charge >= 0.3 is 5.97 Å². The Morgan fingerprint density at radius 3 is 2.31 bits per heavy atom. The summed E-state index contributed by atoms with van der Waals surface area (Å²) < 4.78 is 69.8.